The van der Waals surface area contributed by atoms with Gasteiger partial charge in [-0.1, -0.05) is 12.1 Å². The SMILES string of the molecule is COC(=O)C12CC3CC(C1)C(NC[C@@]1(c4ccc(F)cc4)CCCN1)C(C3)C2. The molecule has 4 saturated carbocycles. The number of carbonyl (C=O) groups excluding carboxylic acids is 1. The van der Waals surface area contributed by atoms with E-state index in [-0.39, 0.29) is 22.7 Å². The predicted molar refractivity (Wildman–Crippen MR) is 105 cm³/mol. The average molecular weight is 387 g/mol. The fraction of sp³-hybridized carbons (Fsp3) is 0.696. The number of halogens is 1. The Hall–Kier alpha value is -1.46. The van der Waals surface area contributed by atoms with Gasteiger partial charge in [0.05, 0.1) is 18.1 Å². The summed E-state index contributed by atoms with van der Waals surface area (Å²) in [6.07, 6.45) is 7.67. The first-order valence-electron chi connectivity index (χ1n) is 10.9. The number of hydrogen-bond acceptors (Lipinski definition) is 4. The van der Waals surface area contributed by atoms with Gasteiger partial charge in [-0.3, -0.25) is 4.79 Å². The minimum absolute atomic E-state index is 0.0191. The lowest BCUT2D eigenvalue weighted by Crippen LogP contribution is -2.62. The first kappa shape index (κ1) is 18.6. The van der Waals surface area contributed by atoms with Gasteiger partial charge >= 0.3 is 5.97 Å². The molecule has 5 fully saturated rings. The maximum atomic E-state index is 13.4. The van der Waals surface area contributed by atoms with Gasteiger partial charge in [-0.2, -0.15) is 0 Å². The molecule has 1 aliphatic heterocycles. The van der Waals surface area contributed by atoms with Gasteiger partial charge in [-0.15, -0.1) is 0 Å². The molecule has 2 N–H and O–H groups in total. The van der Waals surface area contributed by atoms with Crippen molar-refractivity contribution in [2.24, 2.45) is 23.2 Å². The molecule has 1 aromatic carbocycles. The summed E-state index contributed by atoms with van der Waals surface area (Å²) >= 11 is 0. The topological polar surface area (TPSA) is 50.4 Å². The van der Waals surface area contributed by atoms with E-state index in [0.717, 1.165) is 45.2 Å². The van der Waals surface area contributed by atoms with Crippen LogP contribution in [0.15, 0.2) is 24.3 Å². The van der Waals surface area contributed by atoms with Crippen LogP contribution in [-0.4, -0.2) is 32.2 Å². The van der Waals surface area contributed by atoms with Crippen LogP contribution in [0.5, 0.6) is 0 Å². The van der Waals surface area contributed by atoms with E-state index in [1.54, 1.807) is 12.1 Å². The molecule has 0 spiro atoms. The smallest absolute Gasteiger partial charge is 0.311 e. The summed E-state index contributed by atoms with van der Waals surface area (Å²) in [7, 11) is 1.54. The first-order chi connectivity index (χ1) is 13.5. The van der Waals surface area contributed by atoms with Crippen molar-refractivity contribution in [1.29, 1.82) is 0 Å². The van der Waals surface area contributed by atoms with E-state index in [0.29, 0.717) is 23.8 Å². The number of carbonyl (C=O) groups is 1. The fourth-order valence-electron chi connectivity index (χ4n) is 7.19. The molecule has 4 bridgehead atoms. The summed E-state index contributed by atoms with van der Waals surface area (Å²) in [6, 6.07) is 7.48. The van der Waals surface area contributed by atoms with Crippen molar-refractivity contribution >= 4 is 5.97 Å². The zero-order valence-electron chi connectivity index (χ0n) is 16.7. The highest BCUT2D eigenvalue weighted by atomic mass is 19.1. The number of ether oxygens (including phenoxy) is 1. The predicted octanol–water partition coefficient (Wildman–Crippen LogP) is 3.36. The third kappa shape index (κ3) is 2.89. The Morgan fingerprint density at radius 2 is 1.93 bits per heavy atom. The van der Waals surface area contributed by atoms with Crippen molar-refractivity contribution in [3.8, 4) is 0 Å². The van der Waals surface area contributed by atoms with Gasteiger partial charge < -0.3 is 15.4 Å². The Kier molecular flexibility index (Phi) is 4.51. The monoisotopic (exact) mass is 386 g/mol. The minimum Gasteiger partial charge on any atom is -0.469 e. The van der Waals surface area contributed by atoms with Gasteiger partial charge in [0, 0.05) is 12.6 Å². The molecule has 2 unspecified atom stereocenters. The van der Waals surface area contributed by atoms with Crippen molar-refractivity contribution in [2.75, 3.05) is 20.2 Å². The summed E-state index contributed by atoms with van der Waals surface area (Å²) < 4.78 is 18.6. The van der Waals surface area contributed by atoms with E-state index < -0.39 is 0 Å². The molecule has 4 aliphatic carbocycles. The van der Waals surface area contributed by atoms with E-state index in [2.05, 4.69) is 10.6 Å². The lowest BCUT2D eigenvalue weighted by atomic mass is 9.48. The molecule has 0 amide bonds. The lowest BCUT2D eigenvalue weighted by molar-refractivity contribution is -0.171. The van der Waals surface area contributed by atoms with E-state index in [4.69, 9.17) is 4.74 Å². The summed E-state index contributed by atoms with van der Waals surface area (Å²) in [5.41, 5.74) is 0.847. The van der Waals surface area contributed by atoms with Crippen LogP contribution in [-0.2, 0) is 15.1 Å². The molecular formula is C23H31FN2O2. The Balaban J connectivity index is 1.33. The van der Waals surface area contributed by atoms with Crippen LogP contribution in [0.2, 0.25) is 0 Å². The summed E-state index contributed by atoms with van der Waals surface area (Å²) in [4.78, 5) is 12.5. The maximum absolute atomic E-state index is 13.4. The van der Waals surface area contributed by atoms with Crippen molar-refractivity contribution in [3.63, 3.8) is 0 Å². The normalized spacial score (nSPS) is 41.4. The van der Waals surface area contributed by atoms with E-state index in [1.165, 1.54) is 25.5 Å². The quantitative estimate of drug-likeness (QED) is 0.762. The van der Waals surface area contributed by atoms with Crippen LogP contribution in [0.3, 0.4) is 0 Å². The minimum atomic E-state index is -0.219. The third-order valence-corrected chi connectivity index (χ3v) is 8.17. The van der Waals surface area contributed by atoms with Gasteiger partial charge in [0.25, 0.3) is 0 Å². The highest BCUT2D eigenvalue weighted by Crippen LogP contribution is 2.60. The Bertz CT molecular complexity index is 727. The van der Waals surface area contributed by atoms with Gasteiger partial charge in [0.1, 0.15) is 5.82 Å². The van der Waals surface area contributed by atoms with Crippen LogP contribution in [0.1, 0.15) is 50.5 Å². The molecule has 0 aromatic heterocycles. The lowest BCUT2D eigenvalue weighted by Gasteiger charge is -2.59. The summed E-state index contributed by atoms with van der Waals surface area (Å²) in [5.74, 6) is 1.66. The zero-order chi connectivity index (χ0) is 19.4. The number of hydrogen-bond donors (Lipinski definition) is 2. The Morgan fingerprint density at radius 3 is 2.54 bits per heavy atom. The molecule has 0 radical (unpaired) electrons. The first-order valence-corrected chi connectivity index (χ1v) is 10.9. The van der Waals surface area contributed by atoms with E-state index in [9.17, 15) is 9.18 Å². The molecule has 5 aliphatic rings. The largest absolute Gasteiger partial charge is 0.469 e. The van der Waals surface area contributed by atoms with Gasteiger partial charge in [0.2, 0.25) is 0 Å². The Morgan fingerprint density at radius 1 is 1.21 bits per heavy atom. The van der Waals surface area contributed by atoms with Crippen LogP contribution >= 0.6 is 0 Å². The highest BCUT2D eigenvalue weighted by Gasteiger charge is 2.59. The van der Waals surface area contributed by atoms with Gasteiger partial charge in [-0.05, 0) is 86.9 Å². The second kappa shape index (κ2) is 6.81. The third-order valence-electron chi connectivity index (χ3n) is 8.17. The summed E-state index contributed by atoms with van der Waals surface area (Å²) in [6.45, 7) is 1.87. The highest BCUT2D eigenvalue weighted by molar-refractivity contribution is 5.77. The number of esters is 1. The van der Waals surface area contributed by atoms with Crippen LogP contribution < -0.4 is 10.6 Å². The van der Waals surface area contributed by atoms with Crippen molar-refractivity contribution in [1.82, 2.24) is 10.6 Å². The molecule has 1 heterocycles. The summed E-state index contributed by atoms with van der Waals surface area (Å²) in [5, 5.41) is 7.63. The van der Waals surface area contributed by atoms with Crippen LogP contribution in [0.25, 0.3) is 0 Å². The number of benzene rings is 1. The standard InChI is InChI=1S/C23H31FN2O2/c1-28-21(27)22-11-15-9-16(12-22)20(17(10-15)13-22)25-14-23(7-2-8-26-23)18-3-5-19(24)6-4-18/h3-6,15-17,20,25-26H,2,7-14H2,1H3/t15?,16?,17?,20?,22?,23-/m1/s1. The number of nitrogens with one attached hydrogen (secondary N) is 2. The molecule has 28 heavy (non-hydrogen) atoms. The molecule has 5 heteroatoms. The number of rotatable bonds is 5. The molecule has 1 aromatic rings. The maximum Gasteiger partial charge on any atom is 0.311 e. The van der Waals surface area contributed by atoms with Gasteiger partial charge in [0.15, 0.2) is 0 Å². The van der Waals surface area contributed by atoms with E-state index >= 15 is 0 Å². The van der Waals surface area contributed by atoms with Crippen LogP contribution in [0.4, 0.5) is 4.39 Å². The fourth-order valence-corrected chi connectivity index (χ4v) is 7.19. The van der Waals surface area contributed by atoms with E-state index in [1.807, 2.05) is 12.1 Å². The second-order valence-electron chi connectivity index (χ2n) is 9.77. The van der Waals surface area contributed by atoms with Crippen molar-refractivity contribution in [3.05, 3.63) is 35.6 Å². The van der Waals surface area contributed by atoms with Crippen molar-refractivity contribution < 1.29 is 13.9 Å². The molecule has 6 rings (SSSR count). The molecular weight excluding hydrogens is 355 g/mol. The van der Waals surface area contributed by atoms with Gasteiger partial charge in [-0.25, -0.2) is 4.39 Å². The van der Waals surface area contributed by atoms with Crippen molar-refractivity contribution in [2.45, 2.75) is 56.5 Å². The average Bonchev–Trinajstić information content (AvgIpc) is 3.17. The van der Waals surface area contributed by atoms with Crippen LogP contribution in [0, 0.1) is 29.0 Å². The molecule has 152 valence electrons. The molecule has 4 nitrogen and oxygen atoms in total. The zero-order valence-corrected chi connectivity index (χ0v) is 16.7. The Labute approximate surface area is 166 Å². The molecule has 1 saturated heterocycles. The molecule has 3 atom stereocenters. The number of methoxy groups -OCH3 is 1. The second-order valence-corrected chi connectivity index (χ2v) is 9.77.